The van der Waals surface area contributed by atoms with E-state index in [0.29, 0.717) is 17.1 Å². The molecule has 122 valence electrons. The molecule has 2 rings (SSSR count). The van der Waals surface area contributed by atoms with Gasteiger partial charge in [0.15, 0.2) is 11.6 Å². The number of aromatic nitrogens is 2. The molecule has 0 radical (unpaired) electrons. The summed E-state index contributed by atoms with van der Waals surface area (Å²) in [6.07, 6.45) is 1.02. The van der Waals surface area contributed by atoms with Gasteiger partial charge in [0.25, 0.3) is 0 Å². The Bertz CT molecular complexity index is 791. The second-order valence-corrected chi connectivity index (χ2v) is 6.32. The minimum Gasteiger partial charge on any atom is -0.462 e. The number of sulfonamides is 1. The predicted octanol–water partition coefficient (Wildman–Crippen LogP) is 1.77. The summed E-state index contributed by atoms with van der Waals surface area (Å²) in [4.78, 5) is 11.9. The molecule has 2 aromatic rings. The lowest BCUT2D eigenvalue weighted by molar-refractivity contribution is 0.0527. The predicted molar refractivity (Wildman–Crippen MR) is 86.2 cm³/mol. The van der Waals surface area contributed by atoms with Crippen LogP contribution in [0.4, 0.5) is 17.3 Å². The van der Waals surface area contributed by atoms with Crippen LogP contribution in [0, 0.1) is 0 Å². The number of para-hydroxylation sites is 1. The number of hydrogen-bond acceptors (Lipinski definition) is 7. The van der Waals surface area contributed by atoms with Gasteiger partial charge < -0.3 is 10.1 Å². The van der Waals surface area contributed by atoms with Crippen molar-refractivity contribution >= 4 is 33.3 Å². The second-order valence-electron chi connectivity index (χ2n) is 4.57. The first kappa shape index (κ1) is 16.7. The van der Waals surface area contributed by atoms with Crippen LogP contribution in [-0.4, -0.2) is 37.4 Å². The zero-order valence-corrected chi connectivity index (χ0v) is 13.4. The number of benzene rings is 1. The summed E-state index contributed by atoms with van der Waals surface area (Å²) in [5.74, 6) is 0.0245. The summed E-state index contributed by atoms with van der Waals surface area (Å²) in [5.41, 5.74) is 0.888. The summed E-state index contributed by atoms with van der Waals surface area (Å²) in [6.45, 7) is 2.01. The Morgan fingerprint density at radius 3 is 2.39 bits per heavy atom. The van der Waals surface area contributed by atoms with Crippen LogP contribution < -0.4 is 10.0 Å². The van der Waals surface area contributed by atoms with Crippen molar-refractivity contribution in [2.24, 2.45) is 0 Å². The molecule has 0 fully saturated rings. The van der Waals surface area contributed by atoms with Crippen molar-refractivity contribution in [3.8, 4) is 0 Å². The van der Waals surface area contributed by atoms with Gasteiger partial charge >= 0.3 is 5.97 Å². The van der Waals surface area contributed by atoms with Crippen LogP contribution in [0.3, 0.4) is 0 Å². The molecule has 9 heteroatoms. The fraction of sp³-hybridized carbons (Fsp3) is 0.214. The topological polar surface area (TPSA) is 110 Å². The third kappa shape index (κ3) is 4.92. The van der Waals surface area contributed by atoms with Crippen LogP contribution in [0.15, 0.2) is 36.4 Å². The molecular weight excluding hydrogens is 320 g/mol. The maximum absolute atomic E-state index is 11.9. The van der Waals surface area contributed by atoms with E-state index in [9.17, 15) is 13.2 Å². The molecule has 1 heterocycles. The van der Waals surface area contributed by atoms with E-state index in [1.807, 2.05) is 0 Å². The lowest BCUT2D eigenvalue weighted by Crippen LogP contribution is -2.12. The average molecular weight is 336 g/mol. The Labute approximate surface area is 133 Å². The zero-order valence-electron chi connectivity index (χ0n) is 12.6. The van der Waals surface area contributed by atoms with E-state index in [-0.39, 0.29) is 12.4 Å². The molecule has 0 aliphatic carbocycles. The number of ether oxygens (including phenoxy) is 1. The third-order valence-corrected chi connectivity index (χ3v) is 3.22. The van der Waals surface area contributed by atoms with Crippen molar-refractivity contribution in [2.75, 3.05) is 22.9 Å². The summed E-state index contributed by atoms with van der Waals surface area (Å²) in [5, 5.41) is 10.6. The Balaban J connectivity index is 2.18. The van der Waals surface area contributed by atoms with Gasteiger partial charge in [-0.05, 0) is 31.2 Å². The molecule has 8 nitrogen and oxygen atoms in total. The van der Waals surface area contributed by atoms with Crippen molar-refractivity contribution in [2.45, 2.75) is 6.92 Å². The monoisotopic (exact) mass is 336 g/mol. The number of nitrogens with one attached hydrogen (secondary N) is 2. The van der Waals surface area contributed by atoms with Crippen molar-refractivity contribution in [3.63, 3.8) is 0 Å². The molecule has 0 aliphatic heterocycles. The molecule has 0 aliphatic rings. The number of esters is 1. The molecular formula is C14H16N4O4S. The molecule has 1 aromatic heterocycles. The first-order valence-corrected chi connectivity index (χ1v) is 8.63. The lowest BCUT2D eigenvalue weighted by atomic mass is 10.2. The van der Waals surface area contributed by atoms with Gasteiger partial charge in [0, 0.05) is 0 Å². The average Bonchev–Trinajstić information content (AvgIpc) is 2.48. The van der Waals surface area contributed by atoms with Gasteiger partial charge in [0.2, 0.25) is 10.0 Å². The second kappa shape index (κ2) is 7.05. The number of carbonyl (C=O) groups is 1. The fourth-order valence-electron chi connectivity index (χ4n) is 1.76. The van der Waals surface area contributed by atoms with Crippen LogP contribution in [0.2, 0.25) is 0 Å². The van der Waals surface area contributed by atoms with E-state index in [4.69, 9.17) is 4.74 Å². The highest BCUT2D eigenvalue weighted by Crippen LogP contribution is 2.20. The molecule has 2 N–H and O–H groups in total. The van der Waals surface area contributed by atoms with E-state index >= 15 is 0 Å². The van der Waals surface area contributed by atoms with Crippen molar-refractivity contribution < 1.29 is 17.9 Å². The largest absolute Gasteiger partial charge is 0.462 e. The molecule has 0 atom stereocenters. The number of rotatable bonds is 6. The number of hydrogen-bond donors (Lipinski definition) is 2. The molecule has 0 bridgehead atoms. The molecule has 0 unspecified atom stereocenters. The quantitative estimate of drug-likeness (QED) is 0.773. The lowest BCUT2D eigenvalue weighted by Gasteiger charge is -2.10. The third-order valence-electron chi connectivity index (χ3n) is 2.64. The van der Waals surface area contributed by atoms with Crippen molar-refractivity contribution in [1.82, 2.24) is 10.2 Å². The SMILES string of the molecule is CCOC(=O)c1ccccc1Nc1ccc(NS(C)(=O)=O)nn1. The summed E-state index contributed by atoms with van der Waals surface area (Å²) < 4.78 is 29.4. The molecule has 0 saturated heterocycles. The molecule has 1 aromatic carbocycles. The van der Waals surface area contributed by atoms with E-state index in [1.165, 1.54) is 6.07 Å². The van der Waals surface area contributed by atoms with E-state index in [2.05, 4.69) is 20.2 Å². The van der Waals surface area contributed by atoms with Gasteiger partial charge in [-0.25, -0.2) is 13.2 Å². The first-order valence-electron chi connectivity index (χ1n) is 6.73. The highest BCUT2D eigenvalue weighted by molar-refractivity contribution is 7.92. The minimum absolute atomic E-state index is 0.108. The highest BCUT2D eigenvalue weighted by Gasteiger charge is 2.12. The van der Waals surface area contributed by atoms with Crippen LogP contribution in [0.25, 0.3) is 0 Å². The standard InChI is InChI=1S/C14H16N4O4S/c1-3-22-14(19)10-6-4-5-7-11(10)15-12-8-9-13(17-16-12)18-23(2,20)21/h4-9H,3H2,1-2H3,(H,15,16)(H,17,18). The highest BCUT2D eigenvalue weighted by atomic mass is 32.2. The molecule has 0 saturated carbocycles. The Morgan fingerprint density at radius 2 is 1.78 bits per heavy atom. The summed E-state index contributed by atoms with van der Waals surface area (Å²) in [7, 11) is -3.41. The Morgan fingerprint density at radius 1 is 1.13 bits per heavy atom. The van der Waals surface area contributed by atoms with Gasteiger partial charge in [-0.1, -0.05) is 12.1 Å². The molecule has 0 amide bonds. The van der Waals surface area contributed by atoms with Gasteiger partial charge in [0.1, 0.15) is 0 Å². The molecule has 0 spiro atoms. The van der Waals surface area contributed by atoms with Gasteiger partial charge in [-0.15, -0.1) is 10.2 Å². The van der Waals surface area contributed by atoms with E-state index in [0.717, 1.165) is 6.26 Å². The van der Waals surface area contributed by atoms with Crippen LogP contribution in [-0.2, 0) is 14.8 Å². The zero-order chi connectivity index (χ0) is 16.9. The minimum atomic E-state index is -3.41. The van der Waals surface area contributed by atoms with Crippen molar-refractivity contribution in [3.05, 3.63) is 42.0 Å². The first-order chi connectivity index (χ1) is 10.9. The Kier molecular flexibility index (Phi) is 5.12. The van der Waals surface area contributed by atoms with Gasteiger partial charge in [-0.3, -0.25) is 4.72 Å². The summed E-state index contributed by atoms with van der Waals surface area (Å²) >= 11 is 0. The maximum atomic E-state index is 11.9. The van der Waals surface area contributed by atoms with Crippen molar-refractivity contribution in [1.29, 1.82) is 0 Å². The maximum Gasteiger partial charge on any atom is 0.340 e. The van der Waals surface area contributed by atoms with E-state index in [1.54, 1.807) is 37.3 Å². The smallest absolute Gasteiger partial charge is 0.340 e. The van der Waals surface area contributed by atoms with Gasteiger partial charge in [0.05, 0.1) is 24.1 Å². The number of carbonyl (C=O) groups excluding carboxylic acids is 1. The number of nitrogens with zero attached hydrogens (tertiary/aromatic N) is 2. The van der Waals surface area contributed by atoms with Crippen LogP contribution in [0.5, 0.6) is 0 Å². The van der Waals surface area contributed by atoms with E-state index < -0.39 is 16.0 Å². The fourth-order valence-corrected chi connectivity index (χ4v) is 2.25. The molecule has 23 heavy (non-hydrogen) atoms. The Hall–Kier alpha value is -2.68. The van der Waals surface area contributed by atoms with Crippen LogP contribution in [0.1, 0.15) is 17.3 Å². The van der Waals surface area contributed by atoms with Crippen LogP contribution >= 0.6 is 0 Å². The summed E-state index contributed by atoms with van der Waals surface area (Å²) in [6, 6.07) is 9.83. The normalized spacial score (nSPS) is 10.9. The number of anilines is 3. The van der Waals surface area contributed by atoms with Gasteiger partial charge in [-0.2, -0.15) is 0 Å².